The van der Waals surface area contributed by atoms with E-state index in [1.54, 1.807) is 11.0 Å². The van der Waals surface area contributed by atoms with Crippen LogP contribution in [-0.2, 0) is 0 Å². The first-order valence-corrected chi connectivity index (χ1v) is 6.40. The van der Waals surface area contributed by atoms with E-state index in [1.165, 1.54) is 12.1 Å². The van der Waals surface area contributed by atoms with Gasteiger partial charge in [0.1, 0.15) is 5.82 Å². The molecule has 1 aromatic carbocycles. The van der Waals surface area contributed by atoms with Crippen LogP contribution >= 0.6 is 0 Å². The minimum atomic E-state index is -0.370. The van der Waals surface area contributed by atoms with Crippen LogP contribution in [0.1, 0.15) is 35.2 Å². The Morgan fingerprint density at radius 1 is 1.50 bits per heavy atom. The molecule has 0 saturated heterocycles. The smallest absolute Gasteiger partial charge is 0.254 e. The molecule has 0 atom stereocenters. The van der Waals surface area contributed by atoms with Crippen molar-refractivity contribution in [1.82, 2.24) is 4.90 Å². The first kappa shape index (κ1) is 13.0. The quantitative estimate of drug-likeness (QED) is 0.889. The fourth-order valence-corrected chi connectivity index (χ4v) is 2.27. The predicted molar refractivity (Wildman–Crippen MR) is 68.9 cm³/mol. The molecule has 18 heavy (non-hydrogen) atoms. The summed E-state index contributed by atoms with van der Waals surface area (Å²) in [5.74, 6) is -0.465. The van der Waals surface area contributed by atoms with Crippen LogP contribution in [0, 0.1) is 12.7 Å². The van der Waals surface area contributed by atoms with Crippen molar-refractivity contribution in [2.24, 2.45) is 5.73 Å². The second kappa shape index (κ2) is 5.48. The highest BCUT2D eigenvalue weighted by molar-refractivity contribution is 5.96. The summed E-state index contributed by atoms with van der Waals surface area (Å²) in [4.78, 5) is 14.2. The Morgan fingerprint density at radius 3 is 2.78 bits per heavy atom. The van der Waals surface area contributed by atoms with Gasteiger partial charge in [0.15, 0.2) is 0 Å². The molecule has 3 nitrogen and oxygen atoms in total. The number of carbonyl (C=O) groups is 1. The number of nitrogens with two attached hydrogens (primary N) is 1. The fourth-order valence-electron chi connectivity index (χ4n) is 2.27. The van der Waals surface area contributed by atoms with Gasteiger partial charge in [0.05, 0.1) is 0 Å². The molecular weight excluding hydrogens is 231 g/mol. The molecule has 1 aromatic rings. The van der Waals surface area contributed by atoms with E-state index in [-0.39, 0.29) is 17.8 Å². The number of rotatable bonds is 4. The molecule has 1 fully saturated rings. The molecule has 0 bridgehead atoms. The van der Waals surface area contributed by atoms with E-state index in [0.29, 0.717) is 18.7 Å². The number of halogens is 1. The van der Waals surface area contributed by atoms with Crippen LogP contribution in [0.2, 0.25) is 0 Å². The van der Waals surface area contributed by atoms with Crippen molar-refractivity contribution in [3.05, 3.63) is 35.1 Å². The second-order valence-electron chi connectivity index (χ2n) is 4.83. The van der Waals surface area contributed by atoms with Gasteiger partial charge >= 0.3 is 0 Å². The molecule has 0 radical (unpaired) electrons. The Hall–Kier alpha value is -1.42. The molecule has 0 aliphatic heterocycles. The first-order chi connectivity index (χ1) is 8.63. The van der Waals surface area contributed by atoms with E-state index < -0.39 is 0 Å². The van der Waals surface area contributed by atoms with Gasteiger partial charge in [-0.1, -0.05) is 6.07 Å². The van der Waals surface area contributed by atoms with Crippen LogP contribution < -0.4 is 5.73 Å². The van der Waals surface area contributed by atoms with Crippen molar-refractivity contribution in [2.75, 3.05) is 13.1 Å². The van der Waals surface area contributed by atoms with Crippen LogP contribution in [-0.4, -0.2) is 29.9 Å². The lowest BCUT2D eigenvalue weighted by Gasteiger charge is -2.37. The summed E-state index contributed by atoms with van der Waals surface area (Å²) in [6.45, 7) is 2.81. The van der Waals surface area contributed by atoms with Crippen molar-refractivity contribution in [3.8, 4) is 0 Å². The maximum atomic E-state index is 13.3. The number of aryl methyl sites for hydroxylation is 1. The van der Waals surface area contributed by atoms with Crippen LogP contribution in [0.5, 0.6) is 0 Å². The highest BCUT2D eigenvalue weighted by atomic mass is 19.1. The van der Waals surface area contributed by atoms with Crippen molar-refractivity contribution >= 4 is 5.91 Å². The van der Waals surface area contributed by atoms with Crippen LogP contribution in [0.3, 0.4) is 0 Å². The number of hydrogen-bond acceptors (Lipinski definition) is 2. The summed E-state index contributed by atoms with van der Waals surface area (Å²) in [6.07, 6.45) is 3.21. The van der Waals surface area contributed by atoms with Gasteiger partial charge in [0.2, 0.25) is 0 Å². The molecule has 2 rings (SSSR count). The normalized spacial score (nSPS) is 15.3. The summed E-state index contributed by atoms with van der Waals surface area (Å²) in [5.41, 5.74) is 6.82. The molecular formula is C14H19FN2O. The average molecular weight is 250 g/mol. The Kier molecular flexibility index (Phi) is 3.97. The van der Waals surface area contributed by atoms with Gasteiger partial charge in [-0.2, -0.15) is 0 Å². The third kappa shape index (κ3) is 2.53. The highest BCUT2D eigenvalue weighted by Crippen LogP contribution is 2.26. The minimum Gasteiger partial charge on any atom is -0.334 e. The Balaban J connectivity index is 2.23. The topological polar surface area (TPSA) is 46.3 Å². The monoisotopic (exact) mass is 250 g/mol. The van der Waals surface area contributed by atoms with Gasteiger partial charge in [-0.05, 0) is 43.9 Å². The molecule has 0 unspecified atom stereocenters. The van der Waals surface area contributed by atoms with Gasteiger partial charge in [0.25, 0.3) is 5.91 Å². The zero-order chi connectivity index (χ0) is 13.1. The largest absolute Gasteiger partial charge is 0.334 e. The highest BCUT2D eigenvalue weighted by Gasteiger charge is 2.29. The number of amides is 1. The van der Waals surface area contributed by atoms with Crippen molar-refractivity contribution in [2.45, 2.75) is 32.2 Å². The van der Waals surface area contributed by atoms with Gasteiger partial charge in [-0.15, -0.1) is 0 Å². The van der Waals surface area contributed by atoms with Crippen LogP contribution in [0.4, 0.5) is 4.39 Å². The van der Waals surface area contributed by atoms with Gasteiger partial charge in [-0.3, -0.25) is 4.79 Å². The lowest BCUT2D eigenvalue weighted by Crippen LogP contribution is -2.46. The summed E-state index contributed by atoms with van der Waals surface area (Å²) >= 11 is 0. The van der Waals surface area contributed by atoms with Gasteiger partial charge in [0, 0.05) is 24.7 Å². The summed E-state index contributed by atoms with van der Waals surface area (Å²) in [5, 5.41) is 0. The average Bonchev–Trinajstić information content (AvgIpc) is 2.28. The number of hydrogen-bond donors (Lipinski definition) is 1. The molecule has 2 N–H and O–H groups in total. The third-order valence-electron chi connectivity index (χ3n) is 3.58. The lowest BCUT2D eigenvalue weighted by atomic mass is 9.90. The number of nitrogens with zero attached hydrogens (tertiary/aromatic N) is 1. The maximum Gasteiger partial charge on any atom is 0.254 e. The molecule has 98 valence electrons. The SMILES string of the molecule is Cc1ccc(F)cc1C(=O)N(CCN)C1CCC1. The van der Waals surface area contributed by atoms with E-state index in [2.05, 4.69) is 0 Å². The van der Waals surface area contributed by atoms with E-state index >= 15 is 0 Å². The molecule has 4 heteroatoms. The first-order valence-electron chi connectivity index (χ1n) is 6.40. The van der Waals surface area contributed by atoms with E-state index in [0.717, 1.165) is 24.8 Å². The second-order valence-corrected chi connectivity index (χ2v) is 4.83. The molecule has 0 heterocycles. The zero-order valence-corrected chi connectivity index (χ0v) is 10.7. The van der Waals surface area contributed by atoms with Crippen LogP contribution in [0.15, 0.2) is 18.2 Å². The zero-order valence-electron chi connectivity index (χ0n) is 10.7. The predicted octanol–water partition coefficient (Wildman–Crippen LogP) is 2.09. The Morgan fingerprint density at radius 2 is 2.22 bits per heavy atom. The van der Waals surface area contributed by atoms with Gasteiger partial charge < -0.3 is 10.6 Å². The van der Waals surface area contributed by atoms with Gasteiger partial charge in [-0.25, -0.2) is 4.39 Å². The maximum absolute atomic E-state index is 13.3. The molecule has 1 aliphatic carbocycles. The van der Waals surface area contributed by atoms with E-state index in [1.807, 2.05) is 6.92 Å². The van der Waals surface area contributed by atoms with Crippen molar-refractivity contribution in [1.29, 1.82) is 0 Å². The molecule has 0 spiro atoms. The summed E-state index contributed by atoms with van der Waals surface area (Å²) in [7, 11) is 0. The Bertz CT molecular complexity index is 443. The van der Waals surface area contributed by atoms with Crippen molar-refractivity contribution in [3.63, 3.8) is 0 Å². The molecule has 1 saturated carbocycles. The summed E-state index contributed by atoms with van der Waals surface area (Å²) in [6, 6.07) is 4.62. The third-order valence-corrected chi connectivity index (χ3v) is 3.58. The fraction of sp³-hybridized carbons (Fsp3) is 0.500. The number of carbonyl (C=O) groups excluding carboxylic acids is 1. The molecule has 1 aliphatic rings. The van der Waals surface area contributed by atoms with E-state index in [9.17, 15) is 9.18 Å². The minimum absolute atomic E-state index is 0.0952. The van der Waals surface area contributed by atoms with E-state index in [4.69, 9.17) is 5.73 Å². The molecule has 0 aromatic heterocycles. The molecule has 1 amide bonds. The lowest BCUT2D eigenvalue weighted by molar-refractivity contribution is 0.0587. The summed E-state index contributed by atoms with van der Waals surface area (Å²) < 4.78 is 13.3. The Labute approximate surface area is 107 Å². The standard InChI is InChI=1S/C14H19FN2O/c1-10-5-6-11(15)9-13(10)14(18)17(8-7-16)12-3-2-4-12/h5-6,9,12H,2-4,7-8,16H2,1H3. The van der Waals surface area contributed by atoms with Crippen molar-refractivity contribution < 1.29 is 9.18 Å². The van der Waals surface area contributed by atoms with Crippen LogP contribution in [0.25, 0.3) is 0 Å². The number of benzene rings is 1.